The SMILES string of the molecule is O=C(C[NH+]1CCN(S(=O)(=O)c2ccc3c(c2)CCCC3)CC1)NCC(F)(F)F. The van der Waals surface area contributed by atoms with Crippen LogP contribution in [-0.2, 0) is 27.7 Å². The lowest BCUT2D eigenvalue weighted by Gasteiger charge is -2.31. The molecule has 3 rings (SSSR count). The Bertz CT molecular complexity index is 819. The Hall–Kier alpha value is -1.65. The van der Waals surface area contributed by atoms with Crippen molar-refractivity contribution in [2.24, 2.45) is 0 Å². The number of quaternary nitrogens is 1. The van der Waals surface area contributed by atoms with Gasteiger partial charge in [-0.05, 0) is 48.9 Å². The fraction of sp³-hybridized carbons (Fsp3) is 0.611. The molecule has 0 saturated carbocycles. The molecule has 1 saturated heterocycles. The second-order valence-corrected chi connectivity index (χ2v) is 9.30. The predicted octanol–water partition coefficient (Wildman–Crippen LogP) is 0.133. The number of aryl methyl sites for hydroxylation is 2. The van der Waals surface area contributed by atoms with Crippen molar-refractivity contribution in [2.45, 2.75) is 36.8 Å². The van der Waals surface area contributed by atoms with Crippen LogP contribution in [0.25, 0.3) is 0 Å². The summed E-state index contributed by atoms with van der Waals surface area (Å²) in [4.78, 5) is 12.7. The Balaban J connectivity index is 1.56. The molecule has 156 valence electrons. The lowest BCUT2D eigenvalue weighted by atomic mass is 9.92. The van der Waals surface area contributed by atoms with Crippen molar-refractivity contribution in [3.8, 4) is 0 Å². The van der Waals surface area contributed by atoms with Crippen LogP contribution in [0, 0.1) is 0 Å². The van der Waals surface area contributed by atoms with Crippen LogP contribution in [0.2, 0.25) is 0 Å². The minimum Gasteiger partial charge on any atom is -0.342 e. The summed E-state index contributed by atoms with van der Waals surface area (Å²) >= 11 is 0. The molecule has 1 aromatic rings. The van der Waals surface area contributed by atoms with Crippen molar-refractivity contribution in [1.82, 2.24) is 9.62 Å². The summed E-state index contributed by atoms with van der Waals surface area (Å²) in [7, 11) is -3.61. The number of amides is 1. The Morgan fingerprint density at radius 2 is 1.75 bits per heavy atom. The van der Waals surface area contributed by atoms with E-state index in [-0.39, 0.29) is 19.6 Å². The summed E-state index contributed by atoms with van der Waals surface area (Å²) in [6, 6.07) is 5.32. The van der Waals surface area contributed by atoms with E-state index in [2.05, 4.69) is 0 Å². The topological polar surface area (TPSA) is 70.9 Å². The highest BCUT2D eigenvalue weighted by Crippen LogP contribution is 2.25. The van der Waals surface area contributed by atoms with Gasteiger partial charge in [-0.2, -0.15) is 17.5 Å². The molecular formula is C18H25F3N3O3S+. The van der Waals surface area contributed by atoms with Crippen LogP contribution >= 0.6 is 0 Å². The number of carbonyl (C=O) groups excluding carboxylic acids is 1. The molecule has 2 aliphatic rings. The summed E-state index contributed by atoms with van der Waals surface area (Å²) in [6.07, 6.45) is -0.375. The maximum atomic E-state index is 12.9. The first-order chi connectivity index (χ1) is 13.1. The molecule has 1 aliphatic heterocycles. The third-order valence-electron chi connectivity index (χ3n) is 5.28. The minimum atomic E-state index is -4.44. The molecule has 0 bridgehead atoms. The molecule has 1 aliphatic carbocycles. The largest absolute Gasteiger partial charge is 0.405 e. The number of halogens is 3. The number of nitrogens with one attached hydrogen (secondary N) is 2. The van der Waals surface area contributed by atoms with Gasteiger partial charge in [-0.15, -0.1) is 0 Å². The van der Waals surface area contributed by atoms with Crippen molar-refractivity contribution >= 4 is 15.9 Å². The van der Waals surface area contributed by atoms with E-state index in [0.29, 0.717) is 18.0 Å². The van der Waals surface area contributed by atoms with E-state index in [1.54, 1.807) is 12.1 Å². The fourth-order valence-electron chi connectivity index (χ4n) is 3.73. The van der Waals surface area contributed by atoms with Crippen LogP contribution in [0.5, 0.6) is 0 Å². The van der Waals surface area contributed by atoms with Gasteiger partial charge in [-0.1, -0.05) is 6.07 Å². The smallest absolute Gasteiger partial charge is 0.342 e. The first-order valence-corrected chi connectivity index (χ1v) is 10.9. The number of hydrogen-bond acceptors (Lipinski definition) is 3. The third-order valence-corrected chi connectivity index (χ3v) is 7.18. The molecule has 2 N–H and O–H groups in total. The highest BCUT2D eigenvalue weighted by Gasteiger charge is 2.33. The highest BCUT2D eigenvalue weighted by atomic mass is 32.2. The van der Waals surface area contributed by atoms with Gasteiger partial charge in [0, 0.05) is 0 Å². The number of piperazine rings is 1. The standard InChI is InChI=1S/C18H24F3N3O3S/c19-18(20,21)13-22-17(25)12-23-7-9-24(10-8-23)28(26,27)16-6-5-14-3-1-2-4-15(14)11-16/h5-6,11H,1-4,7-10,12-13H2,(H,22,25)/p+1. The highest BCUT2D eigenvalue weighted by molar-refractivity contribution is 7.89. The van der Waals surface area contributed by atoms with Gasteiger partial charge in [0.1, 0.15) is 6.54 Å². The van der Waals surface area contributed by atoms with Crippen molar-refractivity contribution < 1.29 is 31.3 Å². The number of benzene rings is 1. The number of nitrogens with zero attached hydrogens (tertiary/aromatic N) is 1. The first-order valence-electron chi connectivity index (χ1n) is 9.44. The van der Waals surface area contributed by atoms with Crippen LogP contribution in [0.4, 0.5) is 13.2 Å². The van der Waals surface area contributed by atoms with Gasteiger partial charge in [-0.25, -0.2) is 8.42 Å². The van der Waals surface area contributed by atoms with E-state index >= 15 is 0 Å². The minimum absolute atomic E-state index is 0.0944. The fourth-order valence-corrected chi connectivity index (χ4v) is 5.22. The lowest BCUT2D eigenvalue weighted by Crippen LogP contribution is -3.15. The number of carbonyl (C=O) groups is 1. The zero-order chi connectivity index (χ0) is 20.4. The number of alkyl halides is 3. The molecule has 1 fully saturated rings. The summed E-state index contributed by atoms with van der Waals surface area (Å²) in [5.41, 5.74) is 2.31. The molecule has 1 amide bonds. The summed E-state index contributed by atoms with van der Waals surface area (Å²) in [6.45, 7) is -0.212. The average molecular weight is 420 g/mol. The van der Waals surface area contributed by atoms with Crippen LogP contribution in [0.15, 0.2) is 23.1 Å². The number of rotatable bonds is 5. The maximum Gasteiger partial charge on any atom is 0.405 e. The van der Waals surface area contributed by atoms with Crippen molar-refractivity contribution in [1.29, 1.82) is 0 Å². The summed E-state index contributed by atoms with van der Waals surface area (Å²) in [5.74, 6) is -0.682. The maximum absolute atomic E-state index is 12.9. The molecule has 0 unspecified atom stereocenters. The molecule has 10 heteroatoms. The van der Waals surface area contributed by atoms with Crippen molar-refractivity contribution in [3.05, 3.63) is 29.3 Å². The zero-order valence-corrected chi connectivity index (χ0v) is 16.3. The Labute approximate surface area is 162 Å². The second-order valence-electron chi connectivity index (χ2n) is 7.36. The monoisotopic (exact) mass is 420 g/mol. The van der Waals surface area contributed by atoms with Gasteiger partial charge in [0.05, 0.1) is 31.1 Å². The van der Waals surface area contributed by atoms with E-state index in [1.807, 2.05) is 11.4 Å². The second kappa shape index (κ2) is 8.38. The van der Waals surface area contributed by atoms with Crippen LogP contribution in [0.3, 0.4) is 0 Å². The third kappa shape index (κ3) is 5.24. The van der Waals surface area contributed by atoms with Gasteiger partial charge in [-0.3, -0.25) is 4.79 Å². The Kier molecular flexibility index (Phi) is 6.31. The van der Waals surface area contributed by atoms with Crippen molar-refractivity contribution in [3.63, 3.8) is 0 Å². The number of hydrogen-bond donors (Lipinski definition) is 2. The van der Waals surface area contributed by atoms with Gasteiger partial charge in [0.25, 0.3) is 5.91 Å². The van der Waals surface area contributed by atoms with E-state index in [4.69, 9.17) is 0 Å². The molecule has 0 spiro atoms. The van der Waals surface area contributed by atoms with Gasteiger partial charge in [0.15, 0.2) is 6.54 Å². The molecule has 1 aromatic carbocycles. The number of fused-ring (bicyclic) bond motifs is 1. The van der Waals surface area contributed by atoms with Crippen molar-refractivity contribution in [2.75, 3.05) is 39.3 Å². The molecular weight excluding hydrogens is 395 g/mol. The molecule has 1 heterocycles. The Morgan fingerprint density at radius 3 is 2.39 bits per heavy atom. The molecule has 0 aromatic heterocycles. The summed E-state index contributed by atoms with van der Waals surface area (Å²) in [5, 5.41) is 1.85. The quantitative estimate of drug-likeness (QED) is 0.712. The molecule has 0 radical (unpaired) electrons. The van der Waals surface area contributed by atoms with Crippen LogP contribution in [0.1, 0.15) is 24.0 Å². The first kappa shape index (κ1) is 21.1. The van der Waals surface area contributed by atoms with Crippen LogP contribution in [-0.4, -0.2) is 64.1 Å². The zero-order valence-electron chi connectivity index (χ0n) is 15.5. The predicted molar refractivity (Wildman–Crippen MR) is 96.5 cm³/mol. The molecule has 28 heavy (non-hydrogen) atoms. The normalized spacial score (nSPS) is 19.2. The average Bonchev–Trinajstić information content (AvgIpc) is 2.66. The van der Waals surface area contributed by atoms with E-state index in [1.165, 1.54) is 9.87 Å². The van der Waals surface area contributed by atoms with Gasteiger partial charge < -0.3 is 10.2 Å². The summed E-state index contributed by atoms with van der Waals surface area (Å²) < 4.78 is 63.7. The number of sulfonamides is 1. The van der Waals surface area contributed by atoms with E-state index < -0.39 is 28.7 Å². The Morgan fingerprint density at radius 1 is 1.11 bits per heavy atom. The van der Waals surface area contributed by atoms with Gasteiger partial charge in [0.2, 0.25) is 10.0 Å². The van der Waals surface area contributed by atoms with Crippen LogP contribution < -0.4 is 10.2 Å². The van der Waals surface area contributed by atoms with E-state index in [0.717, 1.165) is 36.1 Å². The molecule has 6 nitrogen and oxygen atoms in total. The lowest BCUT2D eigenvalue weighted by molar-refractivity contribution is -0.895. The molecule has 0 atom stereocenters. The van der Waals surface area contributed by atoms with Gasteiger partial charge >= 0.3 is 6.18 Å². The van der Waals surface area contributed by atoms with E-state index in [9.17, 15) is 26.4 Å².